The number of pyridine rings is 1. The van der Waals surface area contributed by atoms with Gasteiger partial charge in [0.15, 0.2) is 0 Å². The van der Waals surface area contributed by atoms with Gasteiger partial charge in [0, 0.05) is 24.8 Å². The van der Waals surface area contributed by atoms with E-state index in [1.54, 1.807) is 19.2 Å². The molecule has 0 aliphatic rings. The van der Waals surface area contributed by atoms with Gasteiger partial charge in [-0.2, -0.15) is 0 Å². The Morgan fingerprint density at radius 1 is 1.53 bits per heavy atom. The highest BCUT2D eigenvalue weighted by Gasteiger charge is 2.14. The number of hydrogen-bond donors (Lipinski definition) is 1. The minimum absolute atomic E-state index is 0.0574. The van der Waals surface area contributed by atoms with Gasteiger partial charge in [0.05, 0.1) is 6.61 Å². The van der Waals surface area contributed by atoms with E-state index in [0.29, 0.717) is 17.3 Å². The summed E-state index contributed by atoms with van der Waals surface area (Å²) in [6.45, 7) is 4.22. The maximum atomic E-state index is 12.0. The SMILES string of the molecule is CC(C)c1cc(C(=O)N(C)CCO)cc(Cl)n1. The van der Waals surface area contributed by atoms with Crippen LogP contribution in [0.25, 0.3) is 0 Å². The molecule has 0 radical (unpaired) electrons. The maximum absolute atomic E-state index is 12.0. The number of rotatable bonds is 4. The molecular weight excluding hydrogens is 240 g/mol. The lowest BCUT2D eigenvalue weighted by atomic mass is 10.1. The molecule has 0 aliphatic heterocycles. The molecule has 1 amide bonds. The molecule has 0 aliphatic carbocycles. The van der Waals surface area contributed by atoms with E-state index in [4.69, 9.17) is 16.7 Å². The Morgan fingerprint density at radius 3 is 2.71 bits per heavy atom. The van der Waals surface area contributed by atoms with E-state index in [-0.39, 0.29) is 18.4 Å². The van der Waals surface area contributed by atoms with Crippen molar-refractivity contribution in [1.82, 2.24) is 9.88 Å². The minimum atomic E-state index is -0.162. The number of nitrogens with zero attached hydrogens (tertiary/aromatic N) is 2. The fourth-order valence-corrected chi connectivity index (χ4v) is 1.62. The van der Waals surface area contributed by atoms with E-state index in [2.05, 4.69) is 4.98 Å². The van der Waals surface area contributed by atoms with Crippen molar-refractivity contribution in [3.05, 3.63) is 28.5 Å². The Kier molecular flexibility index (Phi) is 4.90. The van der Waals surface area contributed by atoms with Gasteiger partial charge >= 0.3 is 0 Å². The molecular formula is C12H17ClN2O2. The molecule has 94 valence electrons. The van der Waals surface area contributed by atoms with E-state index < -0.39 is 0 Å². The third-order valence-corrected chi connectivity index (χ3v) is 2.63. The highest BCUT2D eigenvalue weighted by molar-refractivity contribution is 6.29. The maximum Gasteiger partial charge on any atom is 0.253 e. The third kappa shape index (κ3) is 3.68. The van der Waals surface area contributed by atoms with Gasteiger partial charge in [-0.25, -0.2) is 4.98 Å². The van der Waals surface area contributed by atoms with Crippen LogP contribution >= 0.6 is 11.6 Å². The standard InChI is InChI=1S/C12H17ClN2O2/c1-8(2)10-6-9(7-11(13)14-10)12(17)15(3)4-5-16/h6-8,16H,4-5H2,1-3H3. The van der Waals surface area contributed by atoms with E-state index in [1.807, 2.05) is 13.8 Å². The topological polar surface area (TPSA) is 53.4 Å². The second kappa shape index (κ2) is 5.98. The molecule has 1 N–H and O–H groups in total. The molecule has 0 spiro atoms. The van der Waals surface area contributed by atoms with Crippen molar-refractivity contribution in [2.45, 2.75) is 19.8 Å². The Labute approximate surface area is 106 Å². The van der Waals surface area contributed by atoms with Gasteiger partial charge in [-0.05, 0) is 18.1 Å². The summed E-state index contributed by atoms with van der Waals surface area (Å²) in [6, 6.07) is 3.29. The molecule has 0 fully saturated rings. The first-order chi connectivity index (χ1) is 7.95. The van der Waals surface area contributed by atoms with Crippen LogP contribution in [0.1, 0.15) is 35.8 Å². The van der Waals surface area contributed by atoms with E-state index in [1.165, 1.54) is 4.90 Å². The quantitative estimate of drug-likeness (QED) is 0.838. The van der Waals surface area contributed by atoms with Crippen LogP contribution in [-0.2, 0) is 0 Å². The van der Waals surface area contributed by atoms with Crippen LogP contribution in [0.5, 0.6) is 0 Å². The second-order valence-electron chi connectivity index (χ2n) is 4.21. The van der Waals surface area contributed by atoms with Crippen molar-refractivity contribution >= 4 is 17.5 Å². The second-order valence-corrected chi connectivity index (χ2v) is 4.60. The van der Waals surface area contributed by atoms with Gasteiger partial charge in [0.2, 0.25) is 0 Å². The number of amides is 1. The van der Waals surface area contributed by atoms with Crippen LogP contribution in [0.15, 0.2) is 12.1 Å². The van der Waals surface area contributed by atoms with Crippen molar-refractivity contribution in [3.8, 4) is 0 Å². The fourth-order valence-electron chi connectivity index (χ4n) is 1.41. The van der Waals surface area contributed by atoms with Gasteiger partial charge in [0.25, 0.3) is 5.91 Å². The molecule has 17 heavy (non-hydrogen) atoms. The predicted molar refractivity (Wildman–Crippen MR) is 67.4 cm³/mol. The number of carbonyl (C=O) groups excluding carboxylic acids is 1. The van der Waals surface area contributed by atoms with Crippen LogP contribution in [0, 0.1) is 0 Å². The first-order valence-corrected chi connectivity index (χ1v) is 5.87. The zero-order valence-corrected chi connectivity index (χ0v) is 11.0. The normalized spacial score (nSPS) is 10.7. The van der Waals surface area contributed by atoms with Crippen LogP contribution in [-0.4, -0.2) is 41.1 Å². The first kappa shape index (κ1) is 13.9. The van der Waals surface area contributed by atoms with Crippen molar-refractivity contribution in [2.75, 3.05) is 20.2 Å². The zero-order chi connectivity index (χ0) is 13.0. The lowest BCUT2D eigenvalue weighted by Gasteiger charge is -2.16. The monoisotopic (exact) mass is 256 g/mol. The summed E-state index contributed by atoms with van der Waals surface area (Å²) in [6.07, 6.45) is 0. The summed E-state index contributed by atoms with van der Waals surface area (Å²) < 4.78 is 0. The largest absolute Gasteiger partial charge is 0.395 e. The molecule has 0 saturated carbocycles. The summed E-state index contributed by atoms with van der Waals surface area (Å²) in [5.74, 6) is 0.0497. The highest BCUT2D eigenvalue weighted by atomic mass is 35.5. The van der Waals surface area contributed by atoms with Gasteiger partial charge in [-0.3, -0.25) is 4.79 Å². The van der Waals surface area contributed by atoms with Gasteiger partial charge in [0.1, 0.15) is 5.15 Å². The molecule has 5 heteroatoms. The average Bonchev–Trinajstić information content (AvgIpc) is 2.27. The summed E-state index contributed by atoms with van der Waals surface area (Å²) in [4.78, 5) is 17.6. The summed E-state index contributed by atoms with van der Waals surface area (Å²) in [5, 5.41) is 9.11. The molecule has 1 aromatic heterocycles. The van der Waals surface area contributed by atoms with Crippen LogP contribution in [0.4, 0.5) is 0 Å². The Balaban J connectivity index is 3.01. The third-order valence-electron chi connectivity index (χ3n) is 2.43. The molecule has 1 rings (SSSR count). The Morgan fingerprint density at radius 2 is 2.18 bits per heavy atom. The molecule has 0 saturated heterocycles. The van der Waals surface area contributed by atoms with Gasteiger partial charge in [-0.15, -0.1) is 0 Å². The lowest BCUT2D eigenvalue weighted by Crippen LogP contribution is -2.29. The number of hydrogen-bond acceptors (Lipinski definition) is 3. The molecule has 0 unspecified atom stereocenters. The van der Waals surface area contributed by atoms with Crippen molar-refractivity contribution < 1.29 is 9.90 Å². The molecule has 0 aromatic carbocycles. The molecule has 0 bridgehead atoms. The van der Waals surface area contributed by atoms with Crippen molar-refractivity contribution in [3.63, 3.8) is 0 Å². The van der Waals surface area contributed by atoms with Crippen LogP contribution < -0.4 is 0 Å². The minimum Gasteiger partial charge on any atom is -0.395 e. The number of aliphatic hydroxyl groups excluding tert-OH is 1. The zero-order valence-electron chi connectivity index (χ0n) is 10.3. The Bertz CT molecular complexity index is 407. The Hall–Kier alpha value is -1.13. The average molecular weight is 257 g/mol. The van der Waals surface area contributed by atoms with Gasteiger partial charge < -0.3 is 10.0 Å². The highest BCUT2D eigenvalue weighted by Crippen LogP contribution is 2.18. The van der Waals surface area contributed by atoms with Gasteiger partial charge in [-0.1, -0.05) is 25.4 Å². The number of aromatic nitrogens is 1. The molecule has 1 aromatic rings. The molecule has 4 nitrogen and oxygen atoms in total. The lowest BCUT2D eigenvalue weighted by molar-refractivity contribution is 0.0766. The number of likely N-dealkylation sites (N-methyl/N-ethyl adjacent to an activating group) is 1. The molecule has 1 heterocycles. The first-order valence-electron chi connectivity index (χ1n) is 5.49. The number of aliphatic hydroxyl groups is 1. The van der Waals surface area contributed by atoms with Crippen LogP contribution in [0.2, 0.25) is 5.15 Å². The predicted octanol–water partition coefficient (Wildman–Crippen LogP) is 1.92. The summed E-state index contributed by atoms with van der Waals surface area (Å²) in [5.41, 5.74) is 1.29. The summed E-state index contributed by atoms with van der Waals surface area (Å²) in [7, 11) is 1.64. The van der Waals surface area contributed by atoms with Crippen LogP contribution in [0.3, 0.4) is 0 Å². The number of halogens is 1. The van der Waals surface area contributed by atoms with Crippen molar-refractivity contribution in [1.29, 1.82) is 0 Å². The smallest absolute Gasteiger partial charge is 0.253 e. The van der Waals surface area contributed by atoms with E-state index in [0.717, 1.165) is 5.69 Å². The fraction of sp³-hybridized carbons (Fsp3) is 0.500. The number of carbonyl (C=O) groups is 1. The van der Waals surface area contributed by atoms with Crippen molar-refractivity contribution in [2.24, 2.45) is 0 Å². The van der Waals surface area contributed by atoms with E-state index in [9.17, 15) is 4.79 Å². The molecule has 0 atom stereocenters. The van der Waals surface area contributed by atoms with E-state index >= 15 is 0 Å². The summed E-state index contributed by atoms with van der Waals surface area (Å²) >= 11 is 5.89.